The van der Waals surface area contributed by atoms with Crippen LogP contribution in [0.4, 0.5) is 5.95 Å². The Labute approximate surface area is 162 Å². The summed E-state index contributed by atoms with van der Waals surface area (Å²) in [6, 6.07) is 4.24. The molecule has 2 N–H and O–H groups in total. The zero-order valence-corrected chi connectivity index (χ0v) is 16.3. The lowest BCUT2D eigenvalue weighted by Crippen LogP contribution is -2.46. The van der Waals surface area contributed by atoms with Gasteiger partial charge >= 0.3 is 11.9 Å². The van der Waals surface area contributed by atoms with Crippen molar-refractivity contribution in [2.75, 3.05) is 10.8 Å². The Bertz CT molecular complexity index is 937. The number of aromatic nitrogens is 3. The first kappa shape index (κ1) is 20.0. The summed E-state index contributed by atoms with van der Waals surface area (Å²) >= 11 is 0. The fraction of sp³-hybridized carbons (Fsp3) is 0.412. The second-order valence-electron chi connectivity index (χ2n) is 6.49. The minimum absolute atomic E-state index is 0.0297. The number of aromatic amines is 1. The van der Waals surface area contributed by atoms with Crippen molar-refractivity contribution in [3.63, 3.8) is 0 Å². The van der Waals surface area contributed by atoms with Gasteiger partial charge in [0.05, 0.1) is 4.90 Å². The molecule has 0 saturated carbocycles. The number of anilines is 1. The molecule has 0 unspecified atom stereocenters. The van der Waals surface area contributed by atoms with Crippen LogP contribution in [0, 0.1) is 6.92 Å². The number of rotatable bonds is 6. The van der Waals surface area contributed by atoms with Crippen molar-refractivity contribution < 1.29 is 22.7 Å². The Hall–Kier alpha value is -2.79. The monoisotopic (exact) mass is 407 g/mol. The number of nitrogens with one attached hydrogen (secondary N) is 2. The highest BCUT2D eigenvalue weighted by molar-refractivity contribution is 7.92. The number of H-pyrrole nitrogens is 1. The zero-order valence-electron chi connectivity index (χ0n) is 15.5. The summed E-state index contributed by atoms with van der Waals surface area (Å²) in [6.07, 6.45) is 2.49. The van der Waals surface area contributed by atoms with Crippen LogP contribution in [-0.2, 0) is 24.3 Å². The number of hydrogen-bond acceptors (Lipinski definition) is 8. The van der Waals surface area contributed by atoms with Crippen LogP contribution in [-0.4, -0.2) is 54.2 Å². The van der Waals surface area contributed by atoms with Gasteiger partial charge in [-0.2, -0.15) is 10.1 Å². The Morgan fingerprint density at radius 1 is 1.29 bits per heavy atom. The van der Waals surface area contributed by atoms with E-state index in [1.165, 1.54) is 19.1 Å². The number of hydrogen-bond donors (Lipinski definition) is 2. The van der Waals surface area contributed by atoms with Crippen LogP contribution in [0.2, 0.25) is 0 Å². The second-order valence-corrected chi connectivity index (χ2v) is 8.30. The van der Waals surface area contributed by atoms with E-state index in [4.69, 9.17) is 4.74 Å². The van der Waals surface area contributed by atoms with Crippen LogP contribution >= 0.6 is 0 Å². The standard InChI is InChI=1S/C17H21N5O5S/c1-11-5-7-13(8-6-11)28(25,26)22(17-19-10-20-21-17)12(2)15(23)27-16(24)14-4-3-9-18-14/h5-8,10,12,14,18H,3-4,9H2,1-2H3,(H,19,20,21)/t12-,14-/m0/s1. The van der Waals surface area contributed by atoms with E-state index in [1.807, 2.05) is 6.92 Å². The number of carbonyl (C=O) groups is 2. The lowest BCUT2D eigenvalue weighted by molar-refractivity contribution is -0.161. The largest absolute Gasteiger partial charge is 0.390 e. The van der Waals surface area contributed by atoms with Gasteiger partial charge in [-0.1, -0.05) is 17.7 Å². The van der Waals surface area contributed by atoms with Crippen molar-refractivity contribution in [2.24, 2.45) is 0 Å². The molecule has 0 amide bonds. The topological polar surface area (TPSA) is 134 Å². The third kappa shape index (κ3) is 4.04. The van der Waals surface area contributed by atoms with Gasteiger partial charge in [-0.25, -0.2) is 27.4 Å². The van der Waals surface area contributed by atoms with Crippen LogP contribution in [0.3, 0.4) is 0 Å². The molecule has 1 aromatic heterocycles. The van der Waals surface area contributed by atoms with E-state index < -0.39 is 34.0 Å². The van der Waals surface area contributed by atoms with Crippen molar-refractivity contribution in [3.8, 4) is 0 Å². The van der Waals surface area contributed by atoms with Crippen LogP contribution in [0.25, 0.3) is 0 Å². The summed E-state index contributed by atoms with van der Waals surface area (Å²) in [7, 11) is -4.17. The molecule has 0 radical (unpaired) electrons. The molecule has 1 fully saturated rings. The van der Waals surface area contributed by atoms with Gasteiger partial charge in [0.25, 0.3) is 10.0 Å². The average molecular weight is 407 g/mol. The van der Waals surface area contributed by atoms with Gasteiger partial charge in [0, 0.05) is 0 Å². The highest BCUT2D eigenvalue weighted by atomic mass is 32.2. The van der Waals surface area contributed by atoms with Crippen molar-refractivity contribution in [2.45, 2.75) is 43.7 Å². The van der Waals surface area contributed by atoms with Crippen LogP contribution < -0.4 is 9.62 Å². The number of sulfonamides is 1. The van der Waals surface area contributed by atoms with E-state index in [-0.39, 0.29) is 10.8 Å². The predicted molar refractivity (Wildman–Crippen MR) is 98.8 cm³/mol. The SMILES string of the molecule is Cc1ccc(S(=O)(=O)N(c2ncn[nH]2)[C@@H](C)C(=O)OC(=O)[C@@H]2CCCN2)cc1. The van der Waals surface area contributed by atoms with Crippen LogP contribution in [0.5, 0.6) is 0 Å². The molecular formula is C17H21N5O5S. The van der Waals surface area contributed by atoms with E-state index in [1.54, 1.807) is 12.1 Å². The molecule has 0 spiro atoms. The molecule has 0 bridgehead atoms. The maximum Gasteiger partial charge on any atom is 0.337 e. The van der Waals surface area contributed by atoms with E-state index in [0.717, 1.165) is 22.6 Å². The maximum absolute atomic E-state index is 13.2. The lowest BCUT2D eigenvalue weighted by atomic mass is 10.2. The molecule has 1 saturated heterocycles. The summed E-state index contributed by atoms with van der Waals surface area (Å²) in [5, 5.41) is 9.04. The van der Waals surface area contributed by atoms with Crippen molar-refractivity contribution >= 4 is 27.9 Å². The molecule has 2 heterocycles. The molecule has 1 aliphatic heterocycles. The number of nitrogens with zero attached hydrogens (tertiary/aromatic N) is 3. The predicted octanol–water partition coefficient (Wildman–Crippen LogP) is 0.519. The second kappa shape index (κ2) is 8.07. The molecule has 1 aliphatic rings. The number of esters is 2. The van der Waals surface area contributed by atoms with Gasteiger partial charge in [0.1, 0.15) is 18.4 Å². The Kier molecular flexibility index (Phi) is 5.75. The molecule has 3 rings (SSSR count). The lowest BCUT2D eigenvalue weighted by Gasteiger charge is -2.26. The summed E-state index contributed by atoms with van der Waals surface area (Å²) < 4.78 is 32.0. The molecule has 1 aromatic carbocycles. The van der Waals surface area contributed by atoms with Gasteiger partial charge < -0.3 is 10.1 Å². The molecule has 10 nitrogen and oxygen atoms in total. The summed E-state index contributed by atoms with van der Waals surface area (Å²) in [5.41, 5.74) is 0.882. The molecular weight excluding hydrogens is 386 g/mol. The number of benzene rings is 1. The van der Waals surface area contributed by atoms with Gasteiger partial charge in [-0.3, -0.25) is 0 Å². The first-order chi connectivity index (χ1) is 13.3. The van der Waals surface area contributed by atoms with Gasteiger partial charge in [-0.15, -0.1) is 0 Å². The highest BCUT2D eigenvalue weighted by Gasteiger charge is 2.38. The fourth-order valence-corrected chi connectivity index (χ4v) is 4.40. The molecule has 2 aromatic rings. The third-order valence-electron chi connectivity index (χ3n) is 4.43. The maximum atomic E-state index is 13.2. The number of carbonyl (C=O) groups excluding carboxylic acids is 2. The van der Waals surface area contributed by atoms with Crippen molar-refractivity contribution in [1.29, 1.82) is 0 Å². The molecule has 150 valence electrons. The summed E-state index contributed by atoms with van der Waals surface area (Å²) in [6.45, 7) is 3.81. The first-order valence-corrected chi connectivity index (χ1v) is 10.2. The normalized spacial score (nSPS) is 17.9. The molecule has 11 heteroatoms. The Morgan fingerprint density at radius 2 is 2.00 bits per heavy atom. The first-order valence-electron chi connectivity index (χ1n) is 8.76. The van der Waals surface area contributed by atoms with Gasteiger partial charge in [-0.05, 0) is 45.4 Å². The molecule has 2 atom stereocenters. The van der Waals surface area contributed by atoms with E-state index >= 15 is 0 Å². The molecule has 28 heavy (non-hydrogen) atoms. The fourth-order valence-electron chi connectivity index (χ4n) is 2.87. The van der Waals surface area contributed by atoms with Gasteiger partial charge in [0.15, 0.2) is 0 Å². The van der Waals surface area contributed by atoms with E-state index in [2.05, 4.69) is 20.5 Å². The summed E-state index contributed by atoms with van der Waals surface area (Å²) in [4.78, 5) is 28.5. The minimum atomic E-state index is -4.17. The van der Waals surface area contributed by atoms with Crippen LogP contribution in [0.1, 0.15) is 25.3 Å². The molecule has 0 aliphatic carbocycles. The third-order valence-corrected chi connectivity index (χ3v) is 6.30. The highest BCUT2D eigenvalue weighted by Crippen LogP contribution is 2.24. The van der Waals surface area contributed by atoms with E-state index in [0.29, 0.717) is 13.0 Å². The van der Waals surface area contributed by atoms with E-state index in [9.17, 15) is 18.0 Å². The summed E-state index contributed by atoms with van der Waals surface area (Å²) in [5.74, 6) is -1.87. The average Bonchev–Trinajstić information content (AvgIpc) is 3.36. The van der Waals surface area contributed by atoms with Crippen molar-refractivity contribution in [3.05, 3.63) is 36.2 Å². The minimum Gasteiger partial charge on any atom is -0.390 e. The van der Waals surface area contributed by atoms with Gasteiger partial charge in [0.2, 0.25) is 5.95 Å². The number of ether oxygens (including phenoxy) is 1. The van der Waals surface area contributed by atoms with Crippen molar-refractivity contribution in [1.82, 2.24) is 20.5 Å². The number of aryl methyl sites for hydroxylation is 1. The van der Waals surface area contributed by atoms with Crippen LogP contribution in [0.15, 0.2) is 35.5 Å². The zero-order chi connectivity index (χ0) is 20.3. The smallest absolute Gasteiger partial charge is 0.337 e. The quantitative estimate of drug-likeness (QED) is 0.523. The Balaban J connectivity index is 1.88. The Morgan fingerprint density at radius 3 is 2.57 bits per heavy atom.